The number of fused-ring (bicyclic) bond motifs is 13. The quantitative estimate of drug-likeness (QED) is 0.166. The van der Waals surface area contributed by atoms with Gasteiger partial charge in [-0.3, -0.25) is 4.57 Å². The van der Waals surface area contributed by atoms with Crippen LogP contribution in [0, 0.1) is 0 Å². The molecule has 0 radical (unpaired) electrons. The van der Waals surface area contributed by atoms with Gasteiger partial charge >= 0.3 is 0 Å². The van der Waals surface area contributed by atoms with Crippen molar-refractivity contribution in [2.75, 3.05) is 0 Å². The number of hydrogen-bond donors (Lipinski definition) is 0. The molecule has 0 saturated carbocycles. The van der Waals surface area contributed by atoms with Gasteiger partial charge in [0.1, 0.15) is 0 Å². The zero-order valence-corrected chi connectivity index (χ0v) is 35.8. The maximum absolute atomic E-state index is 5.64. The monoisotopic (exact) mass is 823 g/mol. The van der Waals surface area contributed by atoms with Crippen molar-refractivity contribution in [1.82, 2.24) is 14.5 Å². The first kappa shape index (κ1) is 37.1. The lowest BCUT2D eigenvalue weighted by Gasteiger charge is -2.15. The number of rotatable bonds is 4. The van der Waals surface area contributed by atoms with E-state index in [4.69, 9.17) is 9.97 Å². The summed E-state index contributed by atoms with van der Waals surface area (Å²) in [5.74, 6) is 0.651. The van der Waals surface area contributed by atoms with Crippen molar-refractivity contribution in [3.8, 4) is 39.5 Å². The standard InChI is InChI=1S/C56H33N3S.C3H8/c1-2-16-37-34(14-1)15-11-23-38(37)35-30-32-36(33-31-35)52-47-22-7-9-28-49(47)57-56(58-52)59-53-44(46-26-13-25-45-41-19-8-10-29-50(41)60-55(45)46)24-12-27-48(53)51-42-20-5-3-17-39(42)40-18-4-6-21-43(40)54(51)59;1-3-2/h1-33H;3H2,1-2H3. The van der Waals surface area contributed by atoms with E-state index < -0.39 is 0 Å². The maximum Gasteiger partial charge on any atom is 0.235 e. The first-order valence-corrected chi connectivity index (χ1v) is 22.6. The first-order valence-electron chi connectivity index (χ1n) is 21.8. The zero-order chi connectivity index (χ0) is 42.0. The Morgan fingerprint density at radius 1 is 0.397 bits per heavy atom. The molecule has 0 aliphatic rings. The SMILES string of the molecule is CCC.c1ccc2c(-c3ccc(-c4nc(-n5c6c(-c7cccc8c7sc7ccccc78)cccc6c6c7ccccc7c7ccccc7c65)nc5ccccc45)cc3)cccc2c1. The van der Waals surface area contributed by atoms with Crippen molar-refractivity contribution in [3.05, 3.63) is 200 Å². The molecular weight excluding hydrogens is 783 g/mol. The van der Waals surface area contributed by atoms with Crippen LogP contribution in [-0.2, 0) is 0 Å². The third kappa shape index (κ3) is 5.86. The van der Waals surface area contributed by atoms with Gasteiger partial charge < -0.3 is 0 Å². The Labute approximate surface area is 369 Å². The molecule has 13 rings (SSSR count). The molecule has 0 aliphatic heterocycles. The van der Waals surface area contributed by atoms with E-state index in [1.165, 1.54) is 86.4 Å². The molecule has 3 heterocycles. The fraction of sp³-hybridized carbons (Fsp3) is 0.0508. The van der Waals surface area contributed by atoms with Crippen LogP contribution in [0.15, 0.2) is 200 Å². The number of thiophene rings is 1. The molecule has 0 atom stereocenters. The molecule has 0 aliphatic carbocycles. The van der Waals surface area contributed by atoms with E-state index in [-0.39, 0.29) is 0 Å². The maximum atomic E-state index is 5.64. The first-order chi connectivity index (χ1) is 31.2. The van der Waals surface area contributed by atoms with Crippen molar-refractivity contribution >= 4 is 96.5 Å². The largest absolute Gasteiger partial charge is 0.277 e. The molecule has 13 aromatic rings. The summed E-state index contributed by atoms with van der Waals surface area (Å²) in [6.07, 6.45) is 1.25. The van der Waals surface area contributed by atoms with Gasteiger partial charge in [-0.2, -0.15) is 0 Å². The number of nitrogens with zero attached hydrogens (tertiary/aromatic N) is 3. The lowest BCUT2D eigenvalue weighted by molar-refractivity contribution is 1.02. The molecule has 0 unspecified atom stereocenters. The van der Waals surface area contributed by atoms with Gasteiger partial charge in [-0.25, -0.2) is 9.97 Å². The van der Waals surface area contributed by atoms with E-state index in [9.17, 15) is 0 Å². The molecule has 0 fully saturated rings. The highest BCUT2D eigenvalue weighted by molar-refractivity contribution is 7.26. The molecule has 3 aromatic heterocycles. The third-order valence-electron chi connectivity index (χ3n) is 12.4. The summed E-state index contributed by atoms with van der Waals surface area (Å²) >= 11 is 1.87. The van der Waals surface area contributed by atoms with Crippen LogP contribution in [-0.4, -0.2) is 14.5 Å². The van der Waals surface area contributed by atoms with Crippen molar-refractivity contribution < 1.29 is 0 Å². The van der Waals surface area contributed by atoms with Crippen molar-refractivity contribution in [1.29, 1.82) is 0 Å². The topological polar surface area (TPSA) is 30.7 Å². The van der Waals surface area contributed by atoms with E-state index in [1.54, 1.807) is 0 Å². The van der Waals surface area contributed by atoms with Crippen molar-refractivity contribution in [2.45, 2.75) is 20.3 Å². The second-order valence-corrected chi connectivity index (χ2v) is 17.4. The van der Waals surface area contributed by atoms with Gasteiger partial charge in [-0.15, -0.1) is 11.3 Å². The Morgan fingerprint density at radius 2 is 0.937 bits per heavy atom. The molecule has 0 amide bonds. The Hall–Kier alpha value is -7.66. The summed E-state index contributed by atoms with van der Waals surface area (Å²) in [6.45, 7) is 4.25. The Kier molecular flexibility index (Phi) is 8.87. The number of aromatic nitrogens is 3. The molecule has 3 nitrogen and oxygen atoms in total. The third-order valence-corrected chi connectivity index (χ3v) is 13.6. The zero-order valence-electron chi connectivity index (χ0n) is 35.0. The van der Waals surface area contributed by atoms with Gasteiger partial charge in [0.2, 0.25) is 5.95 Å². The smallest absolute Gasteiger partial charge is 0.235 e. The summed E-state index contributed by atoms with van der Waals surface area (Å²) in [5.41, 5.74) is 9.84. The minimum atomic E-state index is 0.651. The van der Waals surface area contributed by atoms with Gasteiger partial charge in [0.25, 0.3) is 0 Å². The Balaban J connectivity index is 0.00000137. The van der Waals surface area contributed by atoms with Crippen molar-refractivity contribution in [3.63, 3.8) is 0 Å². The van der Waals surface area contributed by atoms with Crippen LogP contribution >= 0.6 is 11.3 Å². The van der Waals surface area contributed by atoms with Crippen LogP contribution in [0.2, 0.25) is 0 Å². The molecule has 0 bridgehead atoms. The van der Waals surface area contributed by atoms with E-state index in [2.05, 4.69) is 219 Å². The summed E-state index contributed by atoms with van der Waals surface area (Å²) in [6, 6.07) is 72.4. The van der Waals surface area contributed by atoms with Gasteiger partial charge in [-0.05, 0) is 50.2 Å². The molecule has 63 heavy (non-hydrogen) atoms. The second-order valence-electron chi connectivity index (χ2n) is 16.3. The predicted octanol–water partition coefficient (Wildman–Crippen LogP) is 17.0. The van der Waals surface area contributed by atoms with Crippen LogP contribution < -0.4 is 0 Å². The fourth-order valence-corrected chi connectivity index (χ4v) is 11.0. The molecular formula is C59H41N3S. The van der Waals surface area contributed by atoms with Gasteiger partial charge in [0, 0.05) is 58.4 Å². The lowest BCUT2D eigenvalue weighted by Crippen LogP contribution is -2.04. The van der Waals surface area contributed by atoms with E-state index in [0.29, 0.717) is 5.95 Å². The van der Waals surface area contributed by atoms with Gasteiger partial charge in [0.05, 0.1) is 22.2 Å². The molecule has 10 aromatic carbocycles. The fourth-order valence-electron chi connectivity index (χ4n) is 9.77. The minimum Gasteiger partial charge on any atom is -0.277 e. The van der Waals surface area contributed by atoms with Gasteiger partial charge in [0.15, 0.2) is 0 Å². The highest BCUT2D eigenvalue weighted by atomic mass is 32.1. The minimum absolute atomic E-state index is 0.651. The summed E-state index contributed by atoms with van der Waals surface area (Å²) in [4.78, 5) is 11.1. The second kappa shape index (κ2) is 15.1. The number of para-hydroxylation sites is 2. The Bertz CT molecular complexity index is 3910. The summed E-state index contributed by atoms with van der Waals surface area (Å²) in [5, 5.41) is 13.3. The van der Waals surface area contributed by atoms with Crippen LogP contribution in [0.1, 0.15) is 20.3 Å². The number of hydrogen-bond acceptors (Lipinski definition) is 3. The van der Waals surface area contributed by atoms with Crippen LogP contribution in [0.3, 0.4) is 0 Å². The molecule has 298 valence electrons. The molecule has 0 spiro atoms. The molecule has 4 heteroatoms. The van der Waals surface area contributed by atoms with E-state index in [1.807, 2.05) is 11.3 Å². The van der Waals surface area contributed by atoms with E-state index >= 15 is 0 Å². The van der Waals surface area contributed by atoms with Crippen molar-refractivity contribution in [2.24, 2.45) is 0 Å². The average Bonchev–Trinajstić information content (AvgIpc) is 3.91. The van der Waals surface area contributed by atoms with Gasteiger partial charge in [-0.1, -0.05) is 208 Å². The van der Waals surface area contributed by atoms with Crippen LogP contribution in [0.4, 0.5) is 0 Å². The van der Waals surface area contributed by atoms with Crippen LogP contribution in [0.25, 0.3) is 125 Å². The highest BCUT2D eigenvalue weighted by Gasteiger charge is 2.25. The summed E-state index contributed by atoms with van der Waals surface area (Å²) in [7, 11) is 0. The Morgan fingerprint density at radius 3 is 1.73 bits per heavy atom. The average molecular weight is 824 g/mol. The normalized spacial score (nSPS) is 11.7. The number of benzene rings is 10. The highest BCUT2D eigenvalue weighted by Crippen LogP contribution is 2.47. The van der Waals surface area contributed by atoms with Crippen LogP contribution in [0.5, 0.6) is 0 Å². The molecule has 0 saturated heterocycles. The van der Waals surface area contributed by atoms with E-state index in [0.717, 1.165) is 38.8 Å². The lowest BCUT2D eigenvalue weighted by atomic mass is 9.95. The predicted molar refractivity (Wildman–Crippen MR) is 272 cm³/mol. The summed E-state index contributed by atoms with van der Waals surface area (Å²) < 4.78 is 4.95. The molecule has 0 N–H and O–H groups in total.